The van der Waals surface area contributed by atoms with Crippen molar-refractivity contribution in [2.75, 3.05) is 6.73 Å². The molecule has 0 atom stereocenters. The molecule has 2 nitrogen and oxygen atoms in total. The molecule has 2 aliphatic rings. The number of hydrogen-bond donors (Lipinski definition) is 2. The average Bonchev–Trinajstić information content (AvgIpc) is 2.49. The van der Waals surface area contributed by atoms with Gasteiger partial charge in [0.15, 0.2) is 0 Å². The summed E-state index contributed by atoms with van der Waals surface area (Å²) >= 11 is 0. The third kappa shape index (κ3) is 1.96. The summed E-state index contributed by atoms with van der Waals surface area (Å²) < 4.78 is 0. The molecule has 0 unspecified atom stereocenters. The summed E-state index contributed by atoms with van der Waals surface area (Å²) in [6.07, 6.45) is 7.82. The zero-order valence-corrected chi connectivity index (χ0v) is 6.42. The fourth-order valence-electron chi connectivity index (χ4n) is 2.17. The second kappa shape index (κ2) is 3.94. The lowest BCUT2D eigenvalue weighted by molar-refractivity contribution is 0.307. The lowest BCUT2D eigenvalue weighted by Gasteiger charge is -2.05. The third-order valence-electron chi connectivity index (χ3n) is 2.63. The first-order chi connectivity index (χ1) is 4.86. The average molecular weight is 143 g/mol. The van der Waals surface area contributed by atoms with Crippen molar-refractivity contribution in [3.63, 3.8) is 0 Å². The van der Waals surface area contributed by atoms with Crippen LogP contribution in [-0.4, -0.2) is 11.8 Å². The monoisotopic (exact) mass is 143 g/mol. The summed E-state index contributed by atoms with van der Waals surface area (Å²) in [5.74, 6) is 2.34. The van der Waals surface area contributed by atoms with Crippen molar-refractivity contribution in [3.8, 4) is 0 Å². The Hall–Kier alpha value is -0.0800. The van der Waals surface area contributed by atoms with E-state index in [1.54, 1.807) is 32.1 Å². The summed E-state index contributed by atoms with van der Waals surface area (Å²) in [7, 11) is 0. The van der Waals surface area contributed by atoms with Crippen LogP contribution in [0, 0.1) is 11.8 Å². The SMILES string of the molecule is C1CC2CCC1C2.NCO. The van der Waals surface area contributed by atoms with Crippen molar-refractivity contribution in [1.29, 1.82) is 0 Å². The van der Waals surface area contributed by atoms with Crippen LogP contribution in [0.1, 0.15) is 32.1 Å². The smallest absolute Gasteiger partial charge is 0.0906 e. The Labute approximate surface area is 62.4 Å². The van der Waals surface area contributed by atoms with Gasteiger partial charge in [0.25, 0.3) is 0 Å². The summed E-state index contributed by atoms with van der Waals surface area (Å²) in [5, 5.41) is 7.35. The molecule has 2 aliphatic carbocycles. The van der Waals surface area contributed by atoms with Crippen LogP contribution in [0.5, 0.6) is 0 Å². The highest BCUT2D eigenvalue weighted by Crippen LogP contribution is 2.43. The van der Waals surface area contributed by atoms with Crippen molar-refractivity contribution in [1.82, 2.24) is 0 Å². The van der Waals surface area contributed by atoms with Gasteiger partial charge >= 0.3 is 0 Å². The third-order valence-corrected chi connectivity index (χ3v) is 2.63. The molecular formula is C8H17NO. The highest BCUT2D eigenvalue weighted by Gasteiger charge is 2.30. The highest BCUT2D eigenvalue weighted by molar-refractivity contribution is 4.82. The Bertz CT molecular complexity index is 77.3. The first-order valence-corrected chi connectivity index (χ1v) is 4.17. The minimum Gasteiger partial charge on any atom is -0.382 e. The van der Waals surface area contributed by atoms with Crippen LogP contribution in [0.3, 0.4) is 0 Å². The van der Waals surface area contributed by atoms with E-state index in [4.69, 9.17) is 5.11 Å². The number of aliphatic hydroxyl groups excluding tert-OH is 1. The van der Waals surface area contributed by atoms with Crippen LogP contribution in [0.25, 0.3) is 0 Å². The van der Waals surface area contributed by atoms with Gasteiger partial charge < -0.3 is 10.8 Å². The summed E-state index contributed by atoms with van der Waals surface area (Å²) in [5.41, 5.74) is 4.40. The number of aliphatic hydroxyl groups is 1. The van der Waals surface area contributed by atoms with E-state index in [0.29, 0.717) is 0 Å². The first kappa shape index (κ1) is 8.02. The standard InChI is InChI=1S/C7H12.CH5NO/c1-2-7-4-3-6(1)5-7;2-1-3/h6-7H,1-5H2;3H,1-2H2. The Morgan fingerprint density at radius 1 is 1.10 bits per heavy atom. The summed E-state index contributed by atoms with van der Waals surface area (Å²) in [4.78, 5) is 0. The van der Waals surface area contributed by atoms with E-state index in [2.05, 4.69) is 5.73 Å². The molecule has 3 N–H and O–H groups in total. The minimum absolute atomic E-state index is 0.250. The number of fused-ring (bicyclic) bond motifs is 2. The van der Waals surface area contributed by atoms with Crippen LogP contribution >= 0.6 is 0 Å². The molecule has 10 heavy (non-hydrogen) atoms. The van der Waals surface area contributed by atoms with Crippen LogP contribution < -0.4 is 5.73 Å². The van der Waals surface area contributed by atoms with E-state index >= 15 is 0 Å². The van der Waals surface area contributed by atoms with E-state index in [0.717, 1.165) is 0 Å². The highest BCUT2D eigenvalue weighted by atomic mass is 16.3. The zero-order chi connectivity index (χ0) is 7.40. The normalized spacial score (nSPS) is 35.4. The Kier molecular flexibility index (Phi) is 3.16. The molecule has 0 radical (unpaired) electrons. The van der Waals surface area contributed by atoms with Gasteiger partial charge in [-0.1, -0.05) is 25.7 Å². The molecule has 0 aromatic heterocycles. The molecule has 0 amide bonds. The van der Waals surface area contributed by atoms with Crippen LogP contribution in [0.4, 0.5) is 0 Å². The maximum atomic E-state index is 7.35. The van der Waals surface area contributed by atoms with Crippen molar-refractivity contribution in [3.05, 3.63) is 0 Å². The zero-order valence-electron chi connectivity index (χ0n) is 6.42. The largest absolute Gasteiger partial charge is 0.382 e. The predicted molar refractivity (Wildman–Crippen MR) is 41.3 cm³/mol. The van der Waals surface area contributed by atoms with Gasteiger partial charge in [0.2, 0.25) is 0 Å². The lowest BCUT2D eigenvalue weighted by Crippen LogP contribution is -1.92. The quantitative estimate of drug-likeness (QED) is 0.499. The molecule has 0 aliphatic heterocycles. The number of hydrogen-bond acceptors (Lipinski definition) is 2. The van der Waals surface area contributed by atoms with Gasteiger partial charge in [-0.2, -0.15) is 0 Å². The molecule has 0 saturated heterocycles. The second-order valence-corrected chi connectivity index (χ2v) is 3.31. The van der Waals surface area contributed by atoms with Crippen LogP contribution in [0.2, 0.25) is 0 Å². The first-order valence-electron chi connectivity index (χ1n) is 4.17. The molecular weight excluding hydrogens is 126 g/mol. The molecule has 2 heteroatoms. The van der Waals surface area contributed by atoms with Gasteiger partial charge in [0.1, 0.15) is 0 Å². The van der Waals surface area contributed by atoms with Crippen LogP contribution in [0.15, 0.2) is 0 Å². The molecule has 2 saturated carbocycles. The van der Waals surface area contributed by atoms with Gasteiger partial charge in [-0.15, -0.1) is 0 Å². The topological polar surface area (TPSA) is 46.2 Å². The van der Waals surface area contributed by atoms with Gasteiger partial charge in [-0.05, 0) is 18.3 Å². The van der Waals surface area contributed by atoms with Crippen molar-refractivity contribution >= 4 is 0 Å². The van der Waals surface area contributed by atoms with Crippen molar-refractivity contribution < 1.29 is 5.11 Å². The van der Waals surface area contributed by atoms with Crippen LogP contribution in [-0.2, 0) is 0 Å². The predicted octanol–water partition coefficient (Wildman–Crippen LogP) is 1.09. The van der Waals surface area contributed by atoms with Gasteiger partial charge in [-0.3, -0.25) is 0 Å². The molecule has 0 aromatic rings. The lowest BCUT2D eigenvalue weighted by atomic mass is 10.0. The summed E-state index contributed by atoms with van der Waals surface area (Å²) in [6.45, 7) is -0.250. The van der Waals surface area contributed by atoms with Crippen molar-refractivity contribution in [2.45, 2.75) is 32.1 Å². The fraction of sp³-hybridized carbons (Fsp3) is 1.00. The molecule has 2 rings (SSSR count). The Balaban J connectivity index is 0.000000148. The number of nitrogens with two attached hydrogens (primary N) is 1. The van der Waals surface area contributed by atoms with Gasteiger partial charge in [-0.25, -0.2) is 0 Å². The maximum Gasteiger partial charge on any atom is 0.0906 e. The molecule has 60 valence electrons. The summed E-state index contributed by atoms with van der Waals surface area (Å²) in [6, 6.07) is 0. The maximum absolute atomic E-state index is 7.35. The molecule has 0 aromatic carbocycles. The van der Waals surface area contributed by atoms with Gasteiger partial charge in [0.05, 0.1) is 6.73 Å². The van der Waals surface area contributed by atoms with Crippen molar-refractivity contribution in [2.24, 2.45) is 17.6 Å². The van der Waals surface area contributed by atoms with Gasteiger partial charge in [0, 0.05) is 0 Å². The van der Waals surface area contributed by atoms with E-state index in [9.17, 15) is 0 Å². The van der Waals surface area contributed by atoms with E-state index in [1.807, 2.05) is 0 Å². The van der Waals surface area contributed by atoms with E-state index < -0.39 is 0 Å². The second-order valence-electron chi connectivity index (χ2n) is 3.31. The molecule has 0 heterocycles. The number of rotatable bonds is 0. The molecule has 2 bridgehead atoms. The van der Waals surface area contributed by atoms with E-state index in [1.165, 1.54) is 11.8 Å². The Morgan fingerprint density at radius 2 is 1.40 bits per heavy atom. The molecule has 0 spiro atoms. The molecule has 2 fully saturated rings. The minimum atomic E-state index is -0.250. The Morgan fingerprint density at radius 3 is 1.50 bits per heavy atom. The van der Waals surface area contributed by atoms with E-state index in [-0.39, 0.29) is 6.73 Å². The fourth-order valence-corrected chi connectivity index (χ4v) is 2.17.